The second kappa shape index (κ2) is 3.71. The van der Waals surface area contributed by atoms with Crippen molar-refractivity contribution in [2.24, 2.45) is 0 Å². The van der Waals surface area contributed by atoms with Crippen LogP contribution < -0.4 is 5.32 Å². The van der Waals surface area contributed by atoms with Crippen molar-refractivity contribution in [1.82, 2.24) is 15.5 Å². The van der Waals surface area contributed by atoms with Gasteiger partial charge in [0.2, 0.25) is 0 Å². The lowest BCUT2D eigenvalue weighted by Gasteiger charge is -2.23. The fourth-order valence-electron chi connectivity index (χ4n) is 1.71. The molecule has 5 nitrogen and oxygen atoms in total. The molecule has 0 aromatic carbocycles. The van der Waals surface area contributed by atoms with E-state index in [9.17, 15) is 4.79 Å². The molecule has 74 valence electrons. The van der Waals surface area contributed by atoms with Gasteiger partial charge in [-0.2, -0.15) is 10.2 Å². The Labute approximate surface area is 81.2 Å². The molecule has 1 aliphatic heterocycles. The first-order valence-electron chi connectivity index (χ1n) is 4.53. The van der Waals surface area contributed by atoms with Gasteiger partial charge in [0.25, 0.3) is 0 Å². The van der Waals surface area contributed by atoms with Gasteiger partial charge in [-0.05, 0) is 11.6 Å². The van der Waals surface area contributed by atoms with Gasteiger partial charge in [0, 0.05) is 25.2 Å². The second-order valence-corrected chi connectivity index (χ2v) is 3.29. The summed E-state index contributed by atoms with van der Waals surface area (Å²) in [5, 5.41) is 19.7. The molecule has 2 N–H and O–H groups in total. The first-order valence-corrected chi connectivity index (χ1v) is 4.53. The number of fused-ring (bicyclic) bond motifs is 1. The monoisotopic (exact) mass is 193 g/mol. The maximum atomic E-state index is 10.6. The van der Waals surface area contributed by atoms with E-state index >= 15 is 0 Å². The molecule has 0 aliphatic carbocycles. The van der Waals surface area contributed by atoms with E-state index in [1.807, 2.05) is 6.07 Å². The molecule has 1 aliphatic rings. The molecule has 0 fully saturated rings. The number of aromatic nitrogens is 2. The van der Waals surface area contributed by atoms with Gasteiger partial charge in [-0.25, -0.2) is 0 Å². The van der Waals surface area contributed by atoms with Gasteiger partial charge < -0.3 is 10.4 Å². The number of nitrogens with one attached hydrogen (secondary N) is 1. The molecule has 1 aromatic rings. The number of hydrogen-bond acceptors (Lipinski definition) is 4. The van der Waals surface area contributed by atoms with E-state index < -0.39 is 5.97 Å². The molecule has 0 saturated heterocycles. The van der Waals surface area contributed by atoms with Gasteiger partial charge in [-0.15, -0.1) is 0 Å². The summed E-state index contributed by atoms with van der Waals surface area (Å²) in [6, 6.07) is 1.72. The summed E-state index contributed by atoms with van der Waals surface area (Å²) in [4.78, 5) is 10.6. The maximum Gasteiger partial charge on any atom is 0.305 e. The average molecular weight is 193 g/mol. The molecule has 1 aromatic heterocycles. The highest BCUT2D eigenvalue weighted by Crippen LogP contribution is 2.22. The summed E-state index contributed by atoms with van der Waals surface area (Å²) in [5.74, 6) is -0.799. The summed E-state index contributed by atoms with van der Waals surface area (Å²) in [7, 11) is 0. The predicted octanol–water partition coefficient (Wildman–Crippen LogP) is 0.138. The quantitative estimate of drug-likeness (QED) is 0.698. The van der Waals surface area contributed by atoms with Gasteiger partial charge in [-0.1, -0.05) is 0 Å². The summed E-state index contributed by atoms with van der Waals surface area (Å²) < 4.78 is 0. The Hall–Kier alpha value is -1.49. The third kappa shape index (κ3) is 1.72. The minimum atomic E-state index is -0.799. The van der Waals surface area contributed by atoms with Crippen molar-refractivity contribution in [2.75, 3.05) is 6.54 Å². The highest BCUT2D eigenvalue weighted by molar-refractivity contribution is 5.68. The number of nitrogens with zero attached hydrogens (tertiary/aromatic N) is 2. The average Bonchev–Trinajstić information content (AvgIpc) is 2.18. The second-order valence-electron chi connectivity index (χ2n) is 3.29. The summed E-state index contributed by atoms with van der Waals surface area (Å²) in [6.45, 7) is 0.768. The third-order valence-corrected chi connectivity index (χ3v) is 2.34. The lowest BCUT2D eigenvalue weighted by molar-refractivity contribution is -0.137. The number of carbonyl (C=O) groups is 1. The Bertz CT molecular complexity index is 354. The van der Waals surface area contributed by atoms with Crippen molar-refractivity contribution < 1.29 is 9.90 Å². The zero-order chi connectivity index (χ0) is 9.97. The molecule has 2 rings (SSSR count). The molecule has 0 saturated carbocycles. The van der Waals surface area contributed by atoms with E-state index in [0.29, 0.717) is 0 Å². The van der Waals surface area contributed by atoms with Crippen molar-refractivity contribution >= 4 is 5.97 Å². The highest BCUT2D eigenvalue weighted by Gasteiger charge is 2.22. The van der Waals surface area contributed by atoms with Crippen LogP contribution in [0.5, 0.6) is 0 Å². The molecule has 5 heteroatoms. The van der Waals surface area contributed by atoms with Crippen LogP contribution in [0.1, 0.15) is 23.7 Å². The number of rotatable bonds is 2. The zero-order valence-electron chi connectivity index (χ0n) is 7.60. The van der Waals surface area contributed by atoms with Crippen LogP contribution in [0, 0.1) is 0 Å². The Kier molecular flexibility index (Phi) is 2.41. The van der Waals surface area contributed by atoms with Crippen LogP contribution in [0.25, 0.3) is 0 Å². The molecular weight excluding hydrogens is 182 g/mol. The molecular formula is C9H11N3O2. The van der Waals surface area contributed by atoms with E-state index in [1.165, 1.54) is 0 Å². The Morgan fingerprint density at radius 1 is 1.71 bits per heavy atom. The molecule has 0 spiro atoms. The van der Waals surface area contributed by atoms with E-state index in [4.69, 9.17) is 5.11 Å². The zero-order valence-corrected chi connectivity index (χ0v) is 7.60. The number of aliphatic carboxylic acids is 1. The van der Waals surface area contributed by atoms with Crippen LogP contribution in [-0.2, 0) is 11.2 Å². The summed E-state index contributed by atoms with van der Waals surface area (Å²) in [6.07, 6.45) is 2.51. The lowest BCUT2D eigenvalue weighted by atomic mass is 9.97. The highest BCUT2D eigenvalue weighted by atomic mass is 16.4. The van der Waals surface area contributed by atoms with Crippen molar-refractivity contribution in [2.45, 2.75) is 18.9 Å². The molecule has 1 unspecified atom stereocenters. The van der Waals surface area contributed by atoms with Gasteiger partial charge in [0.1, 0.15) is 0 Å². The SMILES string of the molecule is O=C(O)CC1NCCc2nnccc21. The Balaban J connectivity index is 2.26. The predicted molar refractivity (Wildman–Crippen MR) is 48.7 cm³/mol. The normalized spacial score (nSPS) is 20.1. The largest absolute Gasteiger partial charge is 0.481 e. The van der Waals surface area contributed by atoms with Gasteiger partial charge >= 0.3 is 5.97 Å². The van der Waals surface area contributed by atoms with Gasteiger partial charge in [-0.3, -0.25) is 4.79 Å². The maximum absolute atomic E-state index is 10.6. The van der Waals surface area contributed by atoms with E-state index in [1.54, 1.807) is 6.20 Å². The molecule has 14 heavy (non-hydrogen) atoms. The summed E-state index contributed by atoms with van der Waals surface area (Å²) >= 11 is 0. The Morgan fingerprint density at radius 3 is 3.36 bits per heavy atom. The Morgan fingerprint density at radius 2 is 2.57 bits per heavy atom. The van der Waals surface area contributed by atoms with Crippen LogP contribution >= 0.6 is 0 Å². The van der Waals surface area contributed by atoms with Crippen LogP contribution in [0.4, 0.5) is 0 Å². The first kappa shape index (κ1) is 9.08. The lowest BCUT2D eigenvalue weighted by Crippen LogP contribution is -2.32. The van der Waals surface area contributed by atoms with Crippen molar-refractivity contribution in [3.63, 3.8) is 0 Å². The van der Waals surface area contributed by atoms with Crippen molar-refractivity contribution in [3.05, 3.63) is 23.5 Å². The molecule has 0 bridgehead atoms. The van der Waals surface area contributed by atoms with Crippen LogP contribution in [0.15, 0.2) is 12.3 Å². The standard InChI is InChI=1S/C9H11N3O2/c13-9(14)5-8-6-1-4-11-12-7(6)2-3-10-8/h1,4,8,10H,2-3,5H2,(H,13,14). The number of hydrogen-bond donors (Lipinski definition) is 2. The van der Waals surface area contributed by atoms with Gasteiger partial charge in [0.05, 0.1) is 12.1 Å². The van der Waals surface area contributed by atoms with E-state index in [0.717, 1.165) is 24.2 Å². The molecule has 2 heterocycles. The minimum absolute atomic E-state index is 0.0959. The van der Waals surface area contributed by atoms with E-state index in [-0.39, 0.29) is 12.5 Å². The fourth-order valence-corrected chi connectivity index (χ4v) is 1.71. The van der Waals surface area contributed by atoms with E-state index in [2.05, 4.69) is 15.5 Å². The molecule has 0 radical (unpaired) electrons. The van der Waals surface area contributed by atoms with Crippen LogP contribution in [0.2, 0.25) is 0 Å². The van der Waals surface area contributed by atoms with Crippen molar-refractivity contribution in [3.8, 4) is 0 Å². The van der Waals surface area contributed by atoms with Crippen LogP contribution in [0.3, 0.4) is 0 Å². The third-order valence-electron chi connectivity index (χ3n) is 2.34. The topological polar surface area (TPSA) is 75.1 Å². The number of carboxylic acids is 1. The fraction of sp³-hybridized carbons (Fsp3) is 0.444. The number of carboxylic acid groups (broad SMARTS) is 1. The summed E-state index contributed by atoms with van der Waals surface area (Å²) in [5.41, 5.74) is 1.88. The van der Waals surface area contributed by atoms with Crippen LogP contribution in [-0.4, -0.2) is 27.8 Å². The minimum Gasteiger partial charge on any atom is -0.481 e. The molecule has 1 atom stereocenters. The van der Waals surface area contributed by atoms with Gasteiger partial charge in [0.15, 0.2) is 0 Å². The smallest absolute Gasteiger partial charge is 0.305 e. The van der Waals surface area contributed by atoms with Crippen molar-refractivity contribution in [1.29, 1.82) is 0 Å². The first-order chi connectivity index (χ1) is 6.77. The molecule has 0 amide bonds.